The maximum absolute atomic E-state index is 10.8. The Balaban J connectivity index is 2.82. The summed E-state index contributed by atoms with van der Waals surface area (Å²) in [6, 6.07) is 0. The van der Waals surface area contributed by atoms with Crippen molar-refractivity contribution in [3.8, 4) is 0 Å². The van der Waals surface area contributed by atoms with Crippen LogP contribution in [0.4, 0.5) is 0 Å². The zero-order valence-corrected chi connectivity index (χ0v) is 8.68. The molecule has 0 saturated heterocycles. The molecule has 0 aromatic rings. The Morgan fingerprint density at radius 2 is 2.08 bits per heavy atom. The van der Waals surface area contributed by atoms with Crippen molar-refractivity contribution in [2.45, 2.75) is 46.5 Å². The van der Waals surface area contributed by atoms with Crippen molar-refractivity contribution in [3.05, 3.63) is 11.1 Å². The van der Waals surface area contributed by atoms with Crippen LogP contribution in [0.2, 0.25) is 0 Å². The Hall–Kier alpha value is -0.790. The van der Waals surface area contributed by atoms with Gasteiger partial charge in [-0.25, -0.2) is 4.79 Å². The number of allylic oxidation sites excluding steroid dienone is 1. The van der Waals surface area contributed by atoms with Crippen LogP contribution in [0.3, 0.4) is 0 Å². The Labute approximate surface area is 79.6 Å². The minimum absolute atomic E-state index is 0.296. The van der Waals surface area contributed by atoms with Crippen LogP contribution in [0.15, 0.2) is 11.1 Å². The predicted molar refractivity (Wildman–Crippen MR) is 52.6 cm³/mol. The van der Waals surface area contributed by atoms with Gasteiger partial charge in [0.2, 0.25) is 0 Å². The highest BCUT2D eigenvalue weighted by atomic mass is 16.4. The van der Waals surface area contributed by atoms with E-state index in [4.69, 9.17) is 5.11 Å². The number of hydrogen-bond donors (Lipinski definition) is 1. The molecule has 0 aliphatic heterocycles. The van der Waals surface area contributed by atoms with Gasteiger partial charge < -0.3 is 5.11 Å². The van der Waals surface area contributed by atoms with Crippen LogP contribution >= 0.6 is 0 Å². The fourth-order valence-electron chi connectivity index (χ4n) is 2.01. The fraction of sp³-hybridized carbons (Fsp3) is 0.727. The van der Waals surface area contributed by atoms with Crippen molar-refractivity contribution in [2.24, 2.45) is 5.41 Å². The molecule has 0 unspecified atom stereocenters. The first kappa shape index (κ1) is 10.3. The third kappa shape index (κ3) is 2.58. The van der Waals surface area contributed by atoms with E-state index in [1.54, 1.807) is 6.92 Å². The van der Waals surface area contributed by atoms with Gasteiger partial charge in [-0.05, 0) is 38.0 Å². The van der Waals surface area contributed by atoms with Crippen LogP contribution < -0.4 is 0 Å². The first-order valence-electron chi connectivity index (χ1n) is 4.84. The fourth-order valence-corrected chi connectivity index (χ4v) is 2.01. The van der Waals surface area contributed by atoms with E-state index in [-0.39, 0.29) is 0 Å². The molecule has 0 heterocycles. The molecule has 0 aromatic carbocycles. The molecule has 74 valence electrons. The summed E-state index contributed by atoms with van der Waals surface area (Å²) >= 11 is 0. The molecular weight excluding hydrogens is 164 g/mol. The van der Waals surface area contributed by atoms with Crippen LogP contribution in [0.5, 0.6) is 0 Å². The van der Waals surface area contributed by atoms with Gasteiger partial charge >= 0.3 is 5.97 Å². The van der Waals surface area contributed by atoms with Crippen molar-refractivity contribution in [2.75, 3.05) is 0 Å². The highest BCUT2D eigenvalue weighted by molar-refractivity contribution is 5.86. The van der Waals surface area contributed by atoms with E-state index in [1.807, 2.05) is 0 Å². The maximum Gasteiger partial charge on any atom is 0.331 e. The normalized spacial score (nSPS) is 25.5. The number of rotatable bonds is 1. The summed E-state index contributed by atoms with van der Waals surface area (Å²) in [7, 11) is 0. The lowest BCUT2D eigenvalue weighted by Crippen LogP contribution is -2.19. The molecule has 2 heteroatoms. The second-order valence-electron chi connectivity index (χ2n) is 4.73. The Morgan fingerprint density at radius 1 is 1.46 bits per heavy atom. The monoisotopic (exact) mass is 182 g/mol. The van der Waals surface area contributed by atoms with E-state index in [1.165, 1.54) is 6.42 Å². The SMILES string of the molecule is C/C(C(=O)O)=C1\CCCC(C)(C)C1. The van der Waals surface area contributed by atoms with Crippen LogP contribution in [-0.4, -0.2) is 11.1 Å². The number of carbonyl (C=O) groups is 1. The number of carboxylic acids is 1. The minimum Gasteiger partial charge on any atom is -0.478 e. The van der Waals surface area contributed by atoms with Crippen molar-refractivity contribution < 1.29 is 9.90 Å². The number of carboxylic acid groups (broad SMARTS) is 1. The zero-order chi connectivity index (χ0) is 10.1. The quantitative estimate of drug-likeness (QED) is 0.633. The molecule has 1 saturated carbocycles. The molecule has 0 amide bonds. The molecule has 0 radical (unpaired) electrons. The molecular formula is C11H18O2. The van der Waals surface area contributed by atoms with Crippen LogP contribution in [0, 0.1) is 5.41 Å². The van der Waals surface area contributed by atoms with Crippen molar-refractivity contribution >= 4 is 5.97 Å². The minimum atomic E-state index is -0.757. The van der Waals surface area contributed by atoms with Gasteiger partial charge in [-0.15, -0.1) is 0 Å². The second-order valence-corrected chi connectivity index (χ2v) is 4.73. The van der Waals surface area contributed by atoms with Gasteiger partial charge in [-0.2, -0.15) is 0 Å². The molecule has 1 N–H and O–H groups in total. The van der Waals surface area contributed by atoms with Gasteiger partial charge in [-0.1, -0.05) is 19.4 Å². The molecule has 1 fully saturated rings. The average molecular weight is 182 g/mol. The van der Waals surface area contributed by atoms with Gasteiger partial charge in [-0.3, -0.25) is 0 Å². The lowest BCUT2D eigenvalue weighted by Gasteiger charge is -2.31. The van der Waals surface area contributed by atoms with Crippen molar-refractivity contribution in [1.82, 2.24) is 0 Å². The number of hydrogen-bond acceptors (Lipinski definition) is 1. The van der Waals surface area contributed by atoms with E-state index in [0.717, 1.165) is 24.8 Å². The third-order valence-electron chi connectivity index (χ3n) is 2.88. The highest BCUT2D eigenvalue weighted by Gasteiger charge is 2.26. The molecule has 0 aromatic heterocycles. The molecule has 0 bridgehead atoms. The van der Waals surface area contributed by atoms with Gasteiger partial charge in [0.15, 0.2) is 0 Å². The Kier molecular flexibility index (Phi) is 2.79. The van der Waals surface area contributed by atoms with E-state index >= 15 is 0 Å². The first-order chi connectivity index (χ1) is 5.92. The molecule has 13 heavy (non-hydrogen) atoms. The molecule has 1 aliphatic rings. The molecule has 0 atom stereocenters. The van der Waals surface area contributed by atoms with Crippen LogP contribution in [-0.2, 0) is 4.79 Å². The van der Waals surface area contributed by atoms with Gasteiger partial charge in [0.05, 0.1) is 0 Å². The predicted octanol–water partition coefficient (Wildman–Crippen LogP) is 2.99. The van der Waals surface area contributed by atoms with E-state index in [2.05, 4.69) is 13.8 Å². The Morgan fingerprint density at radius 3 is 2.54 bits per heavy atom. The van der Waals surface area contributed by atoms with Gasteiger partial charge in [0.1, 0.15) is 0 Å². The highest BCUT2D eigenvalue weighted by Crippen LogP contribution is 2.39. The van der Waals surface area contributed by atoms with E-state index in [0.29, 0.717) is 11.0 Å². The average Bonchev–Trinajstić information content (AvgIpc) is 2.01. The summed E-state index contributed by atoms with van der Waals surface area (Å²) in [5.41, 5.74) is 2.00. The Bertz CT molecular complexity index is 249. The molecule has 2 nitrogen and oxygen atoms in total. The van der Waals surface area contributed by atoms with Crippen molar-refractivity contribution in [3.63, 3.8) is 0 Å². The molecule has 0 spiro atoms. The first-order valence-corrected chi connectivity index (χ1v) is 4.84. The maximum atomic E-state index is 10.8. The van der Waals surface area contributed by atoms with E-state index < -0.39 is 5.97 Å². The topological polar surface area (TPSA) is 37.3 Å². The summed E-state index contributed by atoms with van der Waals surface area (Å²) in [5.74, 6) is -0.757. The van der Waals surface area contributed by atoms with Crippen LogP contribution in [0.1, 0.15) is 46.5 Å². The molecule has 1 rings (SSSR count). The zero-order valence-electron chi connectivity index (χ0n) is 8.68. The van der Waals surface area contributed by atoms with E-state index in [9.17, 15) is 4.79 Å². The largest absolute Gasteiger partial charge is 0.478 e. The van der Waals surface area contributed by atoms with Crippen molar-refractivity contribution in [1.29, 1.82) is 0 Å². The lowest BCUT2D eigenvalue weighted by molar-refractivity contribution is -0.132. The summed E-state index contributed by atoms with van der Waals surface area (Å²) in [4.78, 5) is 10.8. The number of aliphatic carboxylic acids is 1. The third-order valence-corrected chi connectivity index (χ3v) is 2.88. The smallest absolute Gasteiger partial charge is 0.331 e. The second kappa shape index (κ2) is 3.52. The van der Waals surface area contributed by atoms with Gasteiger partial charge in [0.25, 0.3) is 0 Å². The van der Waals surface area contributed by atoms with Gasteiger partial charge in [0, 0.05) is 5.57 Å². The summed E-state index contributed by atoms with van der Waals surface area (Å²) in [6.45, 7) is 6.14. The molecule has 1 aliphatic carbocycles. The summed E-state index contributed by atoms with van der Waals surface area (Å²) in [6.07, 6.45) is 4.27. The summed E-state index contributed by atoms with van der Waals surface area (Å²) < 4.78 is 0. The lowest BCUT2D eigenvalue weighted by atomic mass is 9.74. The standard InChI is InChI=1S/C11H18O2/c1-8(10(12)13)9-5-4-6-11(2,3)7-9/h4-7H2,1-3H3,(H,12,13)/b9-8-. The van der Waals surface area contributed by atoms with Crippen LogP contribution in [0.25, 0.3) is 0 Å². The summed E-state index contributed by atoms with van der Waals surface area (Å²) in [5, 5.41) is 8.85.